The van der Waals surface area contributed by atoms with Crippen molar-refractivity contribution >= 4 is 38.0 Å². The van der Waals surface area contributed by atoms with Gasteiger partial charge in [-0.3, -0.25) is 4.79 Å². The second-order valence-corrected chi connectivity index (χ2v) is 8.40. The molecule has 128 valence electrons. The molecule has 25 heavy (non-hydrogen) atoms. The number of aryl methyl sites for hydroxylation is 1. The number of hydrogen-bond acceptors (Lipinski definition) is 7. The van der Waals surface area contributed by atoms with Gasteiger partial charge < -0.3 is 4.57 Å². The lowest BCUT2D eigenvalue weighted by molar-refractivity contribution is -0.120. The Kier molecular flexibility index (Phi) is 4.41. The zero-order chi connectivity index (χ0) is 18.2. The van der Waals surface area contributed by atoms with E-state index in [2.05, 4.69) is 9.97 Å². The van der Waals surface area contributed by atoms with Crippen molar-refractivity contribution in [1.82, 2.24) is 14.5 Å². The first-order valence-corrected chi connectivity index (χ1v) is 10.1. The fourth-order valence-electron chi connectivity index (χ4n) is 2.51. The number of ketones is 1. The van der Waals surface area contributed by atoms with Gasteiger partial charge in [-0.05, 0) is 19.1 Å². The van der Waals surface area contributed by atoms with E-state index >= 15 is 0 Å². The predicted molar refractivity (Wildman–Crippen MR) is 93.1 cm³/mol. The highest BCUT2D eigenvalue weighted by Gasteiger charge is 2.27. The van der Waals surface area contributed by atoms with Crippen LogP contribution in [0.4, 0.5) is 0 Å². The maximum atomic E-state index is 12.7. The van der Waals surface area contributed by atoms with Crippen molar-refractivity contribution in [2.75, 3.05) is 6.26 Å². The quantitative estimate of drug-likeness (QED) is 0.677. The van der Waals surface area contributed by atoms with E-state index in [1.165, 1.54) is 15.9 Å². The summed E-state index contributed by atoms with van der Waals surface area (Å²) in [6.45, 7) is 1.52. The fraction of sp³-hybridized carbons (Fsp3) is 0.250. The van der Waals surface area contributed by atoms with Crippen LogP contribution in [0.1, 0.15) is 16.6 Å². The van der Waals surface area contributed by atoms with Crippen molar-refractivity contribution in [3.63, 3.8) is 0 Å². The van der Waals surface area contributed by atoms with Crippen molar-refractivity contribution in [2.24, 2.45) is 0 Å². The zero-order valence-electron chi connectivity index (χ0n) is 13.5. The van der Waals surface area contributed by atoms with E-state index in [0.717, 1.165) is 11.9 Å². The third kappa shape index (κ3) is 3.31. The predicted octanol–water partition coefficient (Wildman–Crippen LogP) is 2.08. The number of nitriles is 1. The maximum Gasteiger partial charge on any atom is 0.228 e. The number of benzene rings is 1. The molecule has 0 bridgehead atoms. The highest BCUT2D eigenvalue weighted by Crippen LogP contribution is 2.24. The van der Waals surface area contributed by atoms with Gasteiger partial charge in [0.05, 0.1) is 23.6 Å². The van der Waals surface area contributed by atoms with Crippen molar-refractivity contribution in [3.8, 4) is 6.07 Å². The van der Waals surface area contributed by atoms with Gasteiger partial charge in [0.2, 0.25) is 15.0 Å². The minimum atomic E-state index is -3.63. The molecule has 1 unspecified atom stereocenters. The van der Waals surface area contributed by atoms with Crippen LogP contribution in [0, 0.1) is 18.3 Å². The maximum absolute atomic E-state index is 12.7. The number of imidazole rings is 1. The molecule has 1 aromatic carbocycles. The summed E-state index contributed by atoms with van der Waals surface area (Å²) in [6, 6.07) is 8.82. The second-order valence-electron chi connectivity index (χ2n) is 5.60. The number of hydrogen-bond donors (Lipinski definition) is 0. The summed E-state index contributed by atoms with van der Waals surface area (Å²) in [5, 5.41) is 11.4. The Hall–Kier alpha value is -2.57. The first-order chi connectivity index (χ1) is 11.8. The molecule has 0 saturated carbocycles. The molecule has 0 radical (unpaired) electrons. The number of fused-ring (bicyclic) bond motifs is 1. The summed E-state index contributed by atoms with van der Waals surface area (Å²) in [7, 11) is -3.63. The smallest absolute Gasteiger partial charge is 0.228 e. The van der Waals surface area contributed by atoms with E-state index in [1.54, 1.807) is 36.6 Å². The number of carbonyl (C=O) groups is 1. The number of para-hydroxylation sites is 2. The number of sulfone groups is 1. The van der Waals surface area contributed by atoms with Gasteiger partial charge in [0, 0.05) is 17.3 Å². The number of carbonyl (C=O) groups excluding carboxylic acids is 1. The van der Waals surface area contributed by atoms with Crippen LogP contribution in [0.25, 0.3) is 11.0 Å². The third-order valence-corrected chi connectivity index (χ3v) is 5.60. The summed E-state index contributed by atoms with van der Waals surface area (Å²) >= 11 is 1.24. The number of nitrogens with zero attached hydrogens (tertiary/aromatic N) is 4. The van der Waals surface area contributed by atoms with Crippen LogP contribution in [0.3, 0.4) is 0 Å². The lowest BCUT2D eigenvalue weighted by Crippen LogP contribution is -2.20. The molecule has 0 aliphatic carbocycles. The van der Waals surface area contributed by atoms with Gasteiger partial charge >= 0.3 is 0 Å². The Morgan fingerprint density at radius 2 is 2.08 bits per heavy atom. The Bertz CT molecular complexity index is 1110. The minimum absolute atomic E-state index is 0.186. The summed E-state index contributed by atoms with van der Waals surface area (Å²) in [5.74, 6) is -1.46. The van der Waals surface area contributed by atoms with E-state index < -0.39 is 21.5 Å². The topological polar surface area (TPSA) is 106 Å². The van der Waals surface area contributed by atoms with Crippen LogP contribution >= 0.6 is 11.3 Å². The number of aromatic nitrogens is 3. The van der Waals surface area contributed by atoms with Crippen molar-refractivity contribution in [2.45, 2.75) is 24.5 Å². The van der Waals surface area contributed by atoms with Crippen LogP contribution in [0.5, 0.6) is 0 Å². The van der Waals surface area contributed by atoms with Gasteiger partial charge in [0.15, 0.2) is 11.7 Å². The van der Waals surface area contributed by atoms with E-state index in [1.807, 2.05) is 6.07 Å². The first kappa shape index (κ1) is 17.3. The lowest BCUT2D eigenvalue weighted by Gasteiger charge is -2.09. The van der Waals surface area contributed by atoms with Crippen molar-refractivity contribution < 1.29 is 13.2 Å². The van der Waals surface area contributed by atoms with Crippen LogP contribution in [-0.4, -0.2) is 35.0 Å². The molecule has 0 N–H and O–H groups in total. The fourth-order valence-corrected chi connectivity index (χ4v) is 4.19. The summed E-state index contributed by atoms with van der Waals surface area (Å²) in [6.07, 6.45) is 1.04. The van der Waals surface area contributed by atoms with E-state index in [0.29, 0.717) is 16.0 Å². The van der Waals surface area contributed by atoms with Crippen LogP contribution < -0.4 is 0 Å². The standard InChI is InChI=1S/C16H14N4O3S2/c1-10-9-24-15(18-10)11(7-17)14(21)8-20-13-6-4-3-5-12(13)19-16(20)25(2,22)23/h3-6,9,11H,8H2,1-2H3. The molecule has 2 heterocycles. The van der Waals surface area contributed by atoms with Crippen LogP contribution in [0.15, 0.2) is 34.8 Å². The molecule has 0 amide bonds. The normalized spacial score (nSPS) is 12.8. The van der Waals surface area contributed by atoms with Crippen LogP contribution in [0.2, 0.25) is 0 Å². The Morgan fingerprint density at radius 1 is 1.36 bits per heavy atom. The Morgan fingerprint density at radius 3 is 2.68 bits per heavy atom. The molecule has 9 heteroatoms. The number of thiazole rings is 1. The molecule has 2 aromatic heterocycles. The highest BCUT2D eigenvalue weighted by molar-refractivity contribution is 7.90. The van der Waals surface area contributed by atoms with Gasteiger partial charge in [-0.15, -0.1) is 11.3 Å². The third-order valence-electron chi connectivity index (χ3n) is 3.60. The van der Waals surface area contributed by atoms with E-state index in [9.17, 15) is 18.5 Å². The number of Topliss-reactive ketones (excluding diaryl/α,β-unsaturated/α-hetero) is 1. The van der Waals surface area contributed by atoms with Gasteiger partial charge in [-0.25, -0.2) is 18.4 Å². The van der Waals surface area contributed by atoms with E-state index in [-0.39, 0.29) is 11.7 Å². The highest BCUT2D eigenvalue weighted by atomic mass is 32.2. The lowest BCUT2D eigenvalue weighted by atomic mass is 10.1. The largest absolute Gasteiger partial charge is 0.307 e. The summed E-state index contributed by atoms with van der Waals surface area (Å²) in [5.41, 5.74) is 1.75. The molecule has 0 saturated heterocycles. The first-order valence-electron chi connectivity index (χ1n) is 7.31. The molecular weight excluding hydrogens is 360 g/mol. The Labute approximate surface area is 148 Å². The van der Waals surface area contributed by atoms with Gasteiger partial charge in [0.1, 0.15) is 5.01 Å². The molecule has 0 fully saturated rings. The molecule has 0 spiro atoms. The molecule has 7 nitrogen and oxygen atoms in total. The molecular formula is C16H14N4O3S2. The van der Waals surface area contributed by atoms with Gasteiger partial charge in [0.25, 0.3) is 0 Å². The molecule has 3 rings (SSSR count). The monoisotopic (exact) mass is 374 g/mol. The summed E-state index contributed by atoms with van der Waals surface area (Å²) in [4.78, 5) is 21.0. The Balaban J connectivity index is 2.05. The van der Waals surface area contributed by atoms with Crippen molar-refractivity contribution in [1.29, 1.82) is 5.26 Å². The average Bonchev–Trinajstić information content (AvgIpc) is 3.12. The average molecular weight is 374 g/mol. The molecule has 0 aliphatic rings. The molecule has 0 aliphatic heterocycles. The SMILES string of the molecule is Cc1csc(C(C#N)C(=O)Cn2c(S(C)(=O)=O)nc3ccccc32)n1. The number of rotatable bonds is 5. The van der Waals surface area contributed by atoms with Crippen LogP contribution in [-0.2, 0) is 21.2 Å². The minimum Gasteiger partial charge on any atom is -0.307 e. The van der Waals surface area contributed by atoms with Gasteiger partial charge in [-0.2, -0.15) is 5.26 Å². The van der Waals surface area contributed by atoms with Gasteiger partial charge in [-0.1, -0.05) is 12.1 Å². The van der Waals surface area contributed by atoms with Crippen molar-refractivity contribution in [3.05, 3.63) is 40.3 Å². The molecule has 3 aromatic rings. The zero-order valence-corrected chi connectivity index (χ0v) is 15.1. The summed E-state index contributed by atoms with van der Waals surface area (Å²) < 4.78 is 25.4. The van der Waals surface area contributed by atoms with E-state index in [4.69, 9.17) is 0 Å². The molecule has 1 atom stereocenters. The second kappa shape index (κ2) is 6.38.